The summed E-state index contributed by atoms with van der Waals surface area (Å²) in [6, 6.07) is 9.52. The maximum Gasteiger partial charge on any atom is 0.230 e. The molecule has 2 aliphatic carbocycles. The number of benzene rings is 1. The lowest BCUT2D eigenvalue weighted by Crippen LogP contribution is -2.37. The number of rotatable bonds is 4. The summed E-state index contributed by atoms with van der Waals surface area (Å²) in [6.45, 7) is 4.84. The van der Waals surface area contributed by atoms with Crippen LogP contribution in [-0.4, -0.2) is 16.2 Å². The Hall–Kier alpha value is -1.68. The molecule has 2 atom stereocenters. The molecule has 4 heteroatoms. The maximum absolute atomic E-state index is 5.74. The molecule has 1 fully saturated rings. The van der Waals surface area contributed by atoms with Gasteiger partial charge in [-0.05, 0) is 48.6 Å². The summed E-state index contributed by atoms with van der Waals surface area (Å²) < 4.78 is 5.74. The van der Waals surface area contributed by atoms with Gasteiger partial charge in [0.2, 0.25) is 11.8 Å². The van der Waals surface area contributed by atoms with Crippen LogP contribution in [-0.2, 0) is 19.4 Å². The normalized spacial score (nSPS) is 26.3. The summed E-state index contributed by atoms with van der Waals surface area (Å²) in [5.41, 5.74) is 3.10. The van der Waals surface area contributed by atoms with Crippen LogP contribution in [0.25, 0.3) is 0 Å². The van der Waals surface area contributed by atoms with Crippen molar-refractivity contribution < 1.29 is 4.42 Å². The smallest absolute Gasteiger partial charge is 0.230 e. The van der Waals surface area contributed by atoms with Gasteiger partial charge in [0.05, 0.1) is 6.54 Å². The summed E-state index contributed by atoms with van der Waals surface area (Å²) in [4.78, 5) is 0. The first-order valence-corrected chi connectivity index (χ1v) is 8.83. The highest BCUT2D eigenvalue weighted by Crippen LogP contribution is 2.40. The molecule has 2 unspecified atom stereocenters. The highest BCUT2D eigenvalue weighted by atomic mass is 16.4. The molecule has 0 spiro atoms. The average molecular weight is 311 g/mol. The van der Waals surface area contributed by atoms with Gasteiger partial charge in [-0.1, -0.05) is 38.1 Å². The third kappa shape index (κ3) is 2.92. The molecule has 2 bridgehead atoms. The molecule has 23 heavy (non-hydrogen) atoms. The molecule has 1 heterocycles. The van der Waals surface area contributed by atoms with Crippen LogP contribution in [0.1, 0.15) is 55.5 Å². The van der Waals surface area contributed by atoms with Gasteiger partial charge in [-0.25, -0.2) is 0 Å². The van der Waals surface area contributed by atoms with Gasteiger partial charge in [0.15, 0.2) is 0 Å². The summed E-state index contributed by atoms with van der Waals surface area (Å²) >= 11 is 0. The van der Waals surface area contributed by atoms with Crippen LogP contribution < -0.4 is 5.32 Å². The van der Waals surface area contributed by atoms with E-state index in [1.54, 1.807) is 11.1 Å². The first kappa shape index (κ1) is 14.9. The predicted octanol–water partition coefficient (Wildman–Crippen LogP) is 3.48. The summed E-state index contributed by atoms with van der Waals surface area (Å²) in [7, 11) is 0. The fraction of sp³-hybridized carbons (Fsp3) is 0.579. The Kier molecular flexibility index (Phi) is 3.93. The minimum Gasteiger partial charge on any atom is -0.424 e. The van der Waals surface area contributed by atoms with E-state index in [-0.39, 0.29) is 0 Å². The average Bonchev–Trinajstić information content (AvgIpc) is 3.09. The third-order valence-corrected chi connectivity index (χ3v) is 5.47. The van der Waals surface area contributed by atoms with E-state index >= 15 is 0 Å². The second-order valence-corrected chi connectivity index (χ2v) is 7.37. The Balaban J connectivity index is 1.45. The topological polar surface area (TPSA) is 51.0 Å². The molecule has 4 rings (SSSR count). The van der Waals surface area contributed by atoms with Gasteiger partial charge in [-0.15, -0.1) is 10.2 Å². The first-order chi connectivity index (χ1) is 11.2. The van der Waals surface area contributed by atoms with Crippen molar-refractivity contribution >= 4 is 0 Å². The van der Waals surface area contributed by atoms with Crippen molar-refractivity contribution in [3.8, 4) is 0 Å². The highest BCUT2D eigenvalue weighted by molar-refractivity contribution is 5.30. The minimum absolute atomic E-state index is 0.291. The largest absolute Gasteiger partial charge is 0.424 e. The van der Waals surface area contributed by atoms with Crippen molar-refractivity contribution in [1.82, 2.24) is 15.5 Å². The number of nitrogens with one attached hydrogen (secondary N) is 1. The lowest BCUT2D eigenvalue weighted by Gasteiger charge is -2.23. The van der Waals surface area contributed by atoms with Crippen LogP contribution >= 0.6 is 0 Å². The van der Waals surface area contributed by atoms with Crippen molar-refractivity contribution in [1.29, 1.82) is 0 Å². The van der Waals surface area contributed by atoms with Gasteiger partial charge in [-0.2, -0.15) is 0 Å². The van der Waals surface area contributed by atoms with E-state index in [9.17, 15) is 0 Å². The van der Waals surface area contributed by atoms with Crippen LogP contribution in [0, 0.1) is 11.8 Å². The third-order valence-electron chi connectivity index (χ3n) is 5.47. The SMILES string of the molecule is CC(C)c1nnc(CNC2C3CCC2Cc2ccccc2C3)o1. The van der Waals surface area contributed by atoms with E-state index in [0.29, 0.717) is 18.5 Å². The molecule has 0 amide bonds. The zero-order valence-electron chi connectivity index (χ0n) is 14.0. The maximum atomic E-state index is 5.74. The molecule has 0 radical (unpaired) electrons. The van der Waals surface area contributed by atoms with Gasteiger partial charge >= 0.3 is 0 Å². The molecule has 1 aromatic heterocycles. The summed E-state index contributed by atoms with van der Waals surface area (Å²) in [5, 5.41) is 12.0. The van der Waals surface area contributed by atoms with Gasteiger partial charge in [0, 0.05) is 12.0 Å². The van der Waals surface area contributed by atoms with E-state index in [1.807, 2.05) is 0 Å². The highest BCUT2D eigenvalue weighted by Gasteiger charge is 2.38. The summed E-state index contributed by atoms with van der Waals surface area (Å²) in [6.07, 6.45) is 5.06. The van der Waals surface area contributed by atoms with E-state index in [2.05, 4.69) is 53.6 Å². The number of aromatic nitrogens is 2. The lowest BCUT2D eigenvalue weighted by molar-refractivity contribution is 0.319. The van der Waals surface area contributed by atoms with E-state index in [4.69, 9.17) is 4.42 Å². The van der Waals surface area contributed by atoms with Gasteiger partial charge < -0.3 is 9.73 Å². The van der Waals surface area contributed by atoms with Gasteiger partial charge in [0.25, 0.3) is 0 Å². The Morgan fingerprint density at radius 3 is 2.30 bits per heavy atom. The fourth-order valence-corrected chi connectivity index (χ4v) is 4.26. The van der Waals surface area contributed by atoms with Crippen molar-refractivity contribution in [2.75, 3.05) is 0 Å². The van der Waals surface area contributed by atoms with Crippen LogP contribution in [0.5, 0.6) is 0 Å². The molecule has 1 N–H and O–H groups in total. The number of hydrogen-bond donors (Lipinski definition) is 1. The lowest BCUT2D eigenvalue weighted by atomic mass is 9.94. The van der Waals surface area contributed by atoms with Crippen molar-refractivity contribution in [3.63, 3.8) is 0 Å². The molecule has 0 aliphatic heterocycles. The van der Waals surface area contributed by atoms with Crippen LogP contribution in [0.2, 0.25) is 0 Å². The van der Waals surface area contributed by atoms with Crippen LogP contribution in [0.15, 0.2) is 28.7 Å². The molecule has 122 valence electrons. The van der Waals surface area contributed by atoms with Crippen LogP contribution in [0.3, 0.4) is 0 Å². The molecule has 4 nitrogen and oxygen atoms in total. The minimum atomic E-state index is 0.291. The Morgan fingerprint density at radius 1 is 1.09 bits per heavy atom. The predicted molar refractivity (Wildman–Crippen MR) is 89.1 cm³/mol. The number of fused-ring (bicyclic) bond motifs is 3. The second kappa shape index (κ2) is 6.08. The van der Waals surface area contributed by atoms with Crippen molar-refractivity contribution in [2.24, 2.45) is 11.8 Å². The fourth-order valence-electron chi connectivity index (χ4n) is 4.26. The Labute approximate surface area is 137 Å². The van der Waals surface area contributed by atoms with Gasteiger partial charge in [-0.3, -0.25) is 0 Å². The monoisotopic (exact) mass is 311 g/mol. The molecular formula is C19H25N3O. The van der Waals surface area contributed by atoms with Crippen LogP contribution in [0.4, 0.5) is 0 Å². The second-order valence-electron chi connectivity index (χ2n) is 7.37. The van der Waals surface area contributed by atoms with E-state index in [1.165, 1.54) is 25.7 Å². The Bertz CT molecular complexity index is 646. The molecule has 1 saturated carbocycles. The summed E-state index contributed by atoms with van der Waals surface area (Å²) in [5.74, 6) is 3.21. The number of nitrogens with zero attached hydrogens (tertiary/aromatic N) is 2. The zero-order valence-corrected chi connectivity index (χ0v) is 14.0. The van der Waals surface area contributed by atoms with E-state index in [0.717, 1.165) is 23.6 Å². The van der Waals surface area contributed by atoms with Crippen molar-refractivity contribution in [2.45, 2.75) is 58.0 Å². The molecule has 2 aliphatic rings. The molecular weight excluding hydrogens is 286 g/mol. The zero-order chi connectivity index (χ0) is 15.8. The first-order valence-electron chi connectivity index (χ1n) is 8.83. The quantitative estimate of drug-likeness (QED) is 0.939. The standard InChI is InChI=1S/C19H25N3O/c1-12(2)19-22-21-17(23-19)11-20-18-15-7-8-16(18)10-14-6-4-3-5-13(14)9-15/h3-6,12,15-16,18,20H,7-11H2,1-2H3. The molecule has 2 aromatic rings. The molecule has 0 saturated heterocycles. The number of hydrogen-bond acceptors (Lipinski definition) is 4. The van der Waals surface area contributed by atoms with Gasteiger partial charge in [0.1, 0.15) is 0 Å². The van der Waals surface area contributed by atoms with Crippen molar-refractivity contribution in [3.05, 3.63) is 47.2 Å². The Morgan fingerprint density at radius 2 is 1.74 bits per heavy atom. The molecule has 1 aromatic carbocycles. The van der Waals surface area contributed by atoms with E-state index < -0.39 is 0 Å².